The molecule has 14 heavy (non-hydrogen) atoms. The third-order valence-corrected chi connectivity index (χ3v) is 2.98. The summed E-state index contributed by atoms with van der Waals surface area (Å²) in [6.07, 6.45) is 3.03. The molecule has 5 heteroatoms. The van der Waals surface area contributed by atoms with Crippen molar-refractivity contribution in [3.05, 3.63) is 0 Å². The number of rotatable bonds is 2. The Morgan fingerprint density at radius 3 is 2.07 bits per heavy atom. The Hall–Kier alpha value is -0.545. The average molecular weight is 199 g/mol. The summed E-state index contributed by atoms with van der Waals surface area (Å²) >= 11 is 0. The van der Waals surface area contributed by atoms with Crippen LogP contribution in [0.15, 0.2) is 0 Å². The Balaban J connectivity index is 2.39. The zero-order valence-corrected chi connectivity index (χ0v) is 8.81. The van der Waals surface area contributed by atoms with Crippen molar-refractivity contribution in [3.8, 4) is 0 Å². The molecule has 0 spiro atoms. The molecule has 0 radical (unpaired) electrons. The van der Waals surface area contributed by atoms with E-state index in [4.69, 9.17) is 10.0 Å². The lowest BCUT2D eigenvalue weighted by molar-refractivity contribution is -0.133. The maximum Gasteiger partial charge on any atom is 0.454 e. The zero-order chi connectivity index (χ0) is 10.7. The van der Waals surface area contributed by atoms with Crippen LogP contribution in [0, 0.1) is 5.92 Å². The smallest absolute Gasteiger partial charge is 0.427 e. The SMILES string of the molecule is CN(C)C(=O)C1CCC(B(O)O)CC1. The van der Waals surface area contributed by atoms with Crippen LogP contribution in [-0.4, -0.2) is 42.1 Å². The van der Waals surface area contributed by atoms with Crippen molar-refractivity contribution in [1.82, 2.24) is 4.90 Å². The summed E-state index contributed by atoms with van der Waals surface area (Å²) in [5.41, 5.74) is 0. The lowest BCUT2D eigenvalue weighted by atomic mass is 9.63. The van der Waals surface area contributed by atoms with Crippen LogP contribution < -0.4 is 0 Å². The quantitative estimate of drug-likeness (QED) is 0.620. The van der Waals surface area contributed by atoms with Gasteiger partial charge in [0.05, 0.1) is 0 Å². The third-order valence-electron chi connectivity index (χ3n) is 2.98. The third kappa shape index (κ3) is 2.72. The molecule has 1 rings (SSSR count). The molecule has 0 aromatic rings. The molecule has 1 amide bonds. The molecule has 0 aromatic heterocycles. The first-order chi connectivity index (χ1) is 6.52. The monoisotopic (exact) mass is 199 g/mol. The molecule has 1 saturated carbocycles. The van der Waals surface area contributed by atoms with E-state index in [1.807, 2.05) is 0 Å². The van der Waals surface area contributed by atoms with E-state index < -0.39 is 7.12 Å². The van der Waals surface area contributed by atoms with Gasteiger partial charge in [0.15, 0.2) is 0 Å². The van der Waals surface area contributed by atoms with Gasteiger partial charge in [-0.2, -0.15) is 0 Å². The van der Waals surface area contributed by atoms with Gasteiger partial charge in [0.25, 0.3) is 0 Å². The summed E-state index contributed by atoms with van der Waals surface area (Å²) in [5, 5.41) is 17.9. The summed E-state index contributed by atoms with van der Waals surface area (Å²) in [4.78, 5) is 13.2. The lowest BCUT2D eigenvalue weighted by Crippen LogP contribution is -2.34. The highest BCUT2D eigenvalue weighted by Gasteiger charge is 2.32. The molecule has 0 aromatic carbocycles. The van der Waals surface area contributed by atoms with Crippen molar-refractivity contribution in [1.29, 1.82) is 0 Å². The van der Waals surface area contributed by atoms with Crippen LogP contribution in [0.5, 0.6) is 0 Å². The normalized spacial score (nSPS) is 27.1. The average Bonchev–Trinajstić information content (AvgIpc) is 2.16. The first-order valence-electron chi connectivity index (χ1n) is 5.09. The molecular formula is C9H18BNO3. The van der Waals surface area contributed by atoms with E-state index in [0.717, 1.165) is 25.7 Å². The molecule has 0 aliphatic heterocycles. The fraction of sp³-hybridized carbons (Fsp3) is 0.889. The van der Waals surface area contributed by atoms with E-state index in [1.165, 1.54) is 0 Å². The van der Waals surface area contributed by atoms with Gasteiger partial charge in [-0.05, 0) is 18.7 Å². The van der Waals surface area contributed by atoms with E-state index in [1.54, 1.807) is 19.0 Å². The first kappa shape index (κ1) is 11.5. The molecule has 2 N–H and O–H groups in total. The number of carbonyl (C=O) groups excluding carboxylic acids is 1. The minimum Gasteiger partial charge on any atom is -0.427 e. The largest absolute Gasteiger partial charge is 0.454 e. The van der Waals surface area contributed by atoms with Crippen molar-refractivity contribution in [2.75, 3.05) is 14.1 Å². The minimum atomic E-state index is -1.22. The Bertz CT molecular complexity index is 200. The Morgan fingerprint density at radius 2 is 1.71 bits per heavy atom. The lowest BCUT2D eigenvalue weighted by Gasteiger charge is -2.28. The predicted molar refractivity (Wildman–Crippen MR) is 54.6 cm³/mol. The van der Waals surface area contributed by atoms with Gasteiger partial charge in [0.1, 0.15) is 0 Å². The standard InChI is InChI=1S/C9H18BNO3/c1-11(2)9(12)7-3-5-8(6-4-7)10(13)14/h7-8,13-14H,3-6H2,1-2H3. The van der Waals surface area contributed by atoms with E-state index in [-0.39, 0.29) is 17.6 Å². The fourth-order valence-electron chi connectivity index (χ4n) is 2.03. The second-order valence-corrected chi connectivity index (χ2v) is 4.26. The van der Waals surface area contributed by atoms with Crippen molar-refractivity contribution in [3.63, 3.8) is 0 Å². The highest BCUT2D eigenvalue weighted by atomic mass is 16.4. The van der Waals surface area contributed by atoms with Crippen LogP contribution in [-0.2, 0) is 4.79 Å². The first-order valence-corrected chi connectivity index (χ1v) is 5.09. The summed E-state index contributed by atoms with van der Waals surface area (Å²) in [6, 6.07) is 0. The van der Waals surface area contributed by atoms with Gasteiger partial charge < -0.3 is 14.9 Å². The highest BCUT2D eigenvalue weighted by Crippen LogP contribution is 2.34. The van der Waals surface area contributed by atoms with Crippen LogP contribution >= 0.6 is 0 Å². The van der Waals surface area contributed by atoms with Crippen LogP contribution in [0.3, 0.4) is 0 Å². The van der Waals surface area contributed by atoms with E-state index in [9.17, 15) is 4.79 Å². The van der Waals surface area contributed by atoms with Gasteiger partial charge in [-0.3, -0.25) is 4.79 Å². The molecule has 80 valence electrons. The van der Waals surface area contributed by atoms with Gasteiger partial charge >= 0.3 is 7.12 Å². The van der Waals surface area contributed by atoms with Gasteiger partial charge in [-0.25, -0.2) is 0 Å². The Kier molecular flexibility index (Phi) is 3.95. The molecule has 0 heterocycles. The predicted octanol–water partition coefficient (Wildman–Crippen LogP) is 0.108. The topological polar surface area (TPSA) is 60.8 Å². The maximum atomic E-state index is 11.6. The summed E-state index contributed by atoms with van der Waals surface area (Å²) in [7, 11) is 2.30. The van der Waals surface area contributed by atoms with E-state index in [2.05, 4.69) is 0 Å². The van der Waals surface area contributed by atoms with Crippen LogP contribution in [0.4, 0.5) is 0 Å². The number of hydrogen-bond acceptors (Lipinski definition) is 3. The zero-order valence-electron chi connectivity index (χ0n) is 8.81. The Morgan fingerprint density at radius 1 is 1.21 bits per heavy atom. The minimum absolute atomic E-state index is 0.0405. The molecule has 4 nitrogen and oxygen atoms in total. The second kappa shape index (κ2) is 4.80. The van der Waals surface area contributed by atoms with Crippen molar-refractivity contribution < 1.29 is 14.8 Å². The van der Waals surface area contributed by atoms with Crippen molar-refractivity contribution >= 4 is 13.0 Å². The molecule has 0 atom stereocenters. The number of amides is 1. The number of carbonyl (C=O) groups is 1. The number of hydrogen-bond donors (Lipinski definition) is 2. The summed E-state index contributed by atoms with van der Waals surface area (Å²) < 4.78 is 0. The molecule has 0 saturated heterocycles. The van der Waals surface area contributed by atoms with E-state index >= 15 is 0 Å². The second-order valence-electron chi connectivity index (χ2n) is 4.26. The van der Waals surface area contributed by atoms with Gasteiger partial charge in [0.2, 0.25) is 5.91 Å². The molecule has 0 unspecified atom stereocenters. The fourth-order valence-corrected chi connectivity index (χ4v) is 2.03. The number of nitrogens with zero attached hydrogens (tertiary/aromatic N) is 1. The van der Waals surface area contributed by atoms with Gasteiger partial charge in [0, 0.05) is 20.0 Å². The van der Waals surface area contributed by atoms with Crippen LogP contribution in [0.2, 0.25) is 5.82 Å². The van der Waals surface area contributed by atoms with E-state index in [0.29, 0.717) is 0 Å². The molecule has 1 aliphatic carbocycles. The van der Waals surface area contributed by atoms with Crippen molar-refractivity contribution in [2.24, 2.45) is 5.92 Å². The highest BCUT2D eigenvalue weighted by molar-refractivity contribution is 6.43. The van der Waals surface area contributed by atoms with Crippen molar-refractivity contribution in [2.45, 2.75) is 31.5 Å². The van der Waals surface area contributed by atoms with Gasteiger partial charge in [-0.15, -0.1) is 0 Å². The Labute approximate surface area is 85.1 Å². The van der Waals surface area contributed by atoms with Crippen LogP contribution in [0.25, 0.3) is 0 Å². The van der Waals surface area contributed by atoms with Gasteiger partial charge in [-0.1, -0.05) is 12.8 Å². The molecular weight excluding hydrogens is 181 g/mol. The summed E-state index contributed by atoms with van der Waals surface area (Å²) in [5.74, 6) is 0.206. The maximum absolute atomic E-state index is 11.6. The summed E-state index contributed by atoms with van der Waals surface area (Å²) in [6.45, 7) is 0. The molecule has 1 fully saturated rings. The molecule has 1 aliphatic rings. The molecule has 0 bridgehead atoms. The van der Waals surface area contributed by atoms with Crippen LogP contribution in [0.1, 0.15) is 25.7 Å².